The van der Waals surface area contributed by atoms with Crippen molar-refractivity contribution in [1.29, 1.82) is 0 Å². The lowest BCUT2D eigenvalue weighted by molar-refractivity contribution is -0.114. The van der Waals surface area contributed by atoms with E-state index in [4.69, 9.17) is 67.5 Å². The zero-order valence-electron chi connectivity index (χ0n) is 11.4. The van der Waals surface area contributed by atoms with Gasteiger partial charge < -0.3 is 9.47 Å². The zero-order chi connectivity index (χ0) is 16.9. The van der Waals surface area contributed by atoms with Crippen molar-refractivity contribution in [1.82, 2.24) is 0 Å². The van der Waals surface area contributed by atoms with Gasteiger partial charge in [-0.25, -0.2) is 0 Å². The molecule has 0 atom stereocenters. The van der Waals surface area contributed by atoms with Crippen molar-refractivity contribution in [3.63, 3.8) is 0 Å². The van der Waals surface area contributed by atoms with Crippen LogP contribution in [-0.4, -0.2) is 24.8 Å². The fraction of sp³-hybridized carbons (Fsp3) is 0.231. The third-order valence-electron chi connectivity index (χ3n) is 3.17. The predicted molar refractivity (Wildman–Crippen MR) is 91.0 cm³/mol. The van der Waals surface area contributed by atoms with Gasteiger partial charge in [-0.1, -0.05) is 58.0 Å². The molecule has 2 aliphatic heterocycles. The highest BCUT2D eigenvalue weighted by Crippen LogP contribution is 2.49. The summed E-state index contributed by atoms with van der Waals surface area (Å²) in [5.41, 5.74) is 0.628. The Labute approximate surface area is 156 Å². The van der Waals surface area contributed by atoms with Crippen LogP contribution in [0.25, 0.3) is 0 Å². The second-order valence-electron chi connectivity index (χ2n) is 4.58. The van der Waals surface area contributed by atoms with Crippen LogP contribution in [0.3, 0.4) is 0 Å². The van der Waals surface area contributed by atoms with Crippen molar-refractivity contribution in [3.8, 4) is 0 Å². The number of hydrazone groups is 1. The second-order valence-corrected chi connectivity index (χ2v) is 6.47. The molecule has 1 amide bonds. The number of carbonyl (C=O) groups excluding carboxylic acids is 1. The first-order valence-electron chi connectivity index (χ1n) is 6.26. The van der Waals surface area contributed by atoms with Gasteiger partial charge >= 0.3 is 0 Å². The normalized spacial score (nSPS) is 17.6. The van der Waals surface area contributed by atoms with Crippen LogP contribution >= 0.6 is 58.0 Å². The fourth-order valence-electron chi connectivity index (χ4n) is 2.13. The summed E-state index contributed by atoms with van der Waals surface area (Å²) in [7, 11) is 0. The van der Waals surface area contributed by atoms with Crippen LogP contribution in [0.2, 0.25) is 25.1 Å². The molecule has 23 heavy (non-hydrogen) atoms. The standard InChI is InChI=1S/C13H7Cl5N2O3/c1-4-5(13-22-2-3-23-13)12(21)20(19-4)11-9(17)7(15)6(14)8(16)10(11)18/h2-3H2,1H3. The third kappa shape index (κ3) is 2.65. The van der Waals surface area contributed by atoms with Gasteiger partial charge in [-0.15, -0.1) is 0 Å². The average molecular weight is 416 g/mol. The van der Waals surface area contributed by atoms with Gasteiger partial charge in [0.15, 0.2) is 0 Å². The Kier molecular flexibility index (Phi) is 4.60. The van der Waals surface area contributed by atoms with Crippen LogP contribution < -0.4 is 5.01 Å². The summed E-state index contributed by atoms with van der Waals surface area (Å²) in [5.74, 6) is -0.394. The van der Waals surface area contributed by atoms with E-state index in [9.17, 15) is 4.79 Å². The van der Waals surface area contributed by atoms with E-state index < -0.39 is 5.91 Å². The lowest BCUT2D eigenvalue weighted by Crippen LogP contribution is -2.23. The molecule has 0 unspecified atom stereocenters. The molecule has 0 aromatic heterocycles. The summed E-state index contributed by atoms with van der Waals surface area (Å²) in [5, 5.41) is 5.05. The van der Waals surface area contributed by atoms with Crippen LogP contribution in [-0.2, 0) is 14.3 Å². The summed E-state index contributed by atoms with van der Waals surface area (Å²) in [6.45, 7) is 2.35. The van der Waals surface area contributed by atoms with E-state index in [0.717, 1.165) is 5.01 Å². The van der Waals surface area contributed by atoms with E-state index in [-0.39, 0.29) is 42.3 Å². The first-order valence-corrected chi connectivity index (χ1v) is 8.15. The molecule has 0 aliphatic carbocycles. The molecule has 0 spiro atoms. The predicted octanol–water partition coefficient (Wildman–Crippen LogP) is 4.93. The average Bonchev–Trinajstić information content (AvgIpc) is 3.12. The summed E-state index contributed by atoms with van der Waals surface area (Å²) in [6.07, 6.45) is 0. The Morgan fingerprint density at radius 3 is 1.91 bits per heavy atom. The minimum atomic E-state index is -0.516. The van der Waals surface area contributed by atoms with Crippen molar-refractivity contribution >= 4 is 75.3 Å². The molecular weight excluding hydrogens is 409 g/mol. The van der Waals surface area contributed by atoms with Gasteiger partial charge in [-0.05, 0) is 6.92 Å². The molecule has 10 heteroatoms. The molecule has 0 radical (unpaired) electrons. The molecule has 0 N–H and O–H groups in total. The van der Waals surface area contributed by atoms with E-state index in [1.54, 1.807) is 6.92 Å². The monoisotopic (exact) mass is 414 g/mol. The highest BCUT2D eigenvalue weighted by atomic mass is 35.5. The lowest BCUT2D eigenvalue weighted by atomic mass is 10.2. The maximum atomic E-state index is 12.7. The van der Waals surface area contributed by atoms with Crippen LogP contribution in [0.1, 0.15) is 6.92 Å². The molecule has 3 rings (SSSR count). The number of rotatable bonds is 1. The van der Waals surface area contributed by atoms with Gasteiger partial charge in [0, 0.05) is 0 Å². The number of hydrogen-bond donors (Lipinski definition) is 0. The maximum absolute atomic E-state index is 12.7. The quantitative estimate of drug-likeness (QED) is 0.370. The van der Waals surface area contributed by atoms with Gasteiger partial charge in [-0.2, -0.15) is 10.1 Å². The summed E-state index contributed by atoms with van der Waals surface area (Å²) >= 11 is 30.4. The number of amides is 1. The number of carbonyl (C=O) groups is 1. The maximum Gasteiger partial charge on any atom is 0.294 e. The molecule has 2 heterocycles. The van der Waals surface area contributed by atoms with Gasteiger partial charge in [0.2, 0.25) is 0 Å². The van der Waals surface area contributed by atoms with E-state index >= 15 is 0 Å². The van der Waals surface area contributed by atoms with Crippen LogP contribution in [0.5, 0.6) is 0 Å². The fourth-order valence-corrected chi connectivity index (χ4v) is 3.42. The van der Waals surface area contributed by atoms with Crippen LogP contribution in [0, 0.1) is 0 Å². The van der Waals surface area contributed by atoms with Crippen LogP contribution in [0.4, 0.5) is 5.69 Å². The number of halogens is 5. The van der Waals surface area contributed by atoms with Crippen molar-refractivity contribution in [2.45, 2.75) is 6.92 Å². The number of hydrogen-bond acceptors (Lipinski definition) is 4. The van der Waals surface area contributed by atoms with E-state index in [1.165, 1.54) is 0 Å². The lowest BCUT2D eigenvalue weighted by Gasteiger charge is -2.18. The summed E-state index contributed by atoms with van der Waals surface area (Å²) < 4.78 is 10.6. The summed E-state index contributed by atoms with van der Waals surface area (Å²) in [6, 6.07) is 0. The van der Waals surface area contributed by atoms with Gasteiger partial charge in [0.05, 0.1) is 30.8 Å². The first-order chi connectivity index (χ1) is 10.8. The zero-order valence-corrected chi connectivity index (χ0v) is 15.2. The van der Waals surface area contributed by atoms with Crippen molar-refractivity contribution in [3.05, 3.63) is 36.6 Å². The van der Waals surface area contributed by atoms with Gasteiger partial charge in [0.25, 0.3) is 11.9 Å². The topological polar surface area (TPSA) is 51.1 Å². The molecule has 1 aromatic rings. The molecule has 2 aliphatic rings. The highest BCUT2D eigenvalue weighted by molar-refractivity contribution is 6.57. The van der Waals surface area contributed by atoms with Crippen molar-refractivity contribution in [2.75, 3.05) is 18.2 Å². The van der Waals surface area contributed by atoms with E-state index in [0.29, 0.717) is 18.9 Å². The molecule has 1 fully saturated rings. The number of ether oxygens (including phenoxy) is 2. The smallest absolute Gasteiger partial charge is 0.294 e. The molecule has 5 nitrogen and oxygen atoms in total. The van der Waals surface area contributed by atoms with Gasteiger partial charge in [-0.3, -0.25) is 4.79 Å². The van der Waals surface area contributed by atoms with Crippen molar-refractivity contribution < 1.29 is 14.3 Å². The van der Waals surface area contributed by atoms with Crippen LogP contribution in [0.15, 0.2) is 16.6 Å². The largest absolute Gasteiger partial charge is 0.461 e. The van der Waals surface area contributed by atoms with Gasteiger partial charge in [0.1, 0.15) is 24.5 Å². The summed E-state index contributed by atoms with van der Waals surface area (Å²) in [4.78, 5) is 12.7. The van der Waals surface area contributed by atoms with E-state index in [1.807, 2.05) is 0 Å². The third-order valence-corrected chi connectivity index (χ3v) is 5.43. The Hall–Kier alpha value is -0.850. The Balaban J connectivity index is 2.15. The molecule has 0 bridgehead atoms. The minimum absolute atomic E-state index is 0.000434. The Morgan fingerprint density at radius 1 is 0.913 bits per heavy atom. The first kappa shape index (κ1) is 17.0. The number of anilines is 1. The van der Waals surface area contributed by atoms with Crippen molar-refractivity contribution in [2.24, 2.45) is 5.10 Å². The molecular formula is C13H7Cl5N2O3. The molecule has 122 valence electrons. The second kappa shape index (κ2) is 6.22. The molecule has 0 saturated carbocycles. The molecule has 1 saturated heterocycles. The Morgan fingerprint density at radius 2 is 1.39 bits per heavy atom. The highest BCUT2D eigenvalue weighted by Gasteiger charge is 2.38. The minimum Gasteiger partial charge on any atom is -0.461 e. The number of benzene rings is 1. The Bertz CT molecular complexity index is 753. The van der Waals surface area contributed by atoms with E-state index in [2.05, 4.69) is 5.10 Å². The number of nitrogens with zero attached hydrogens (tertiary/aromatic N) is 2. The molecule has 1 aromatic carbocycles. The SMILES string of the molecule is CC1=NN(c2c(Cl)c(Cl)c(Cl)c(Cl)c2Cl)C(=O)C1=C1OCCO1.